The van der Waals surface area contributed by atoms with Gasteiger partial charge in [-0.1, -0.05) is 41.4 Å². The fourth-order valence-corrected chi connectivity index (χ4v) is 2.60. The first-order valence-electron chi connectivity index (χ1n) is 6.20. The lowest BCUT2D eigenvalue weighted by Gasteiger charge is -2.00. The van der Waals surface area contributed by atoms with Gasteiger partial charge in [-0.05, 0) is 18.6 Å². The lowest BCUT2D eigenvalue weighted by atomic mass is 10.2. The molecule has 19 heavy (non-hydrogen) atoms. The molecule has 1 amide bonds. The summed E-state index contributed by atoms with van der Waals surface area (Å²) < 4.78 is 1.04. The molecule has 2 rings (SSSR count). The third-order valence-corrected chi connectivity index (χ3v) is 3.93. The van der Waals surface area contributed by atoms with Gasteiger partial charge in [-0.2, -0.15) is 0 Å². The number of amides is 1. The molecule has 1 heterocycles. The Morgan fingerprint density at radius 2 is 2.11 bits per heavy atom. The summed E-state index contributed by atoms with van der Waals surface area (Å²) in [4.78, 5) is 16.0. The van der Waals surface area contributed by atoms with Crippen LogP contribution in [0.15, 0.2) is 34.1 Å². The number of aromatic nitrogens is 1. The van der Waals surface area contributed by atoms with Crippen molar-refractivity contribution in [2.24, 2.45) is 0 Å². The number of carbonyl (C=O) groups excluding carboxylic acids is 1. The summed E-state index contributed by atoms with van der Waals surface area (Å²) in [6, 6.07) is 7.96. The number of rotatable bonds is 5. The molecule has 0 saturated heterocycles. The summed E-state index contributed by atoms with van der Waals surface area (Å²) in [5, 5.41) is 5.46. The van der Waals surface area contributed by atoms with Gasteiger partial charge in [-0.25, -0.2) is 4.98 Å². The Morgan fingerprint density at radius 3 is 2.79 bits per heavy atom. The van der Waals surface area contributed by atoms with Gasteiger partial charge in [0.1, 0.15) is 0 Å². The molecule has 2 aromatic rings. The predicted molar refractivity (Wildman–Crippen MR) is 83.4 cm³/mol. The molecule has 0 bridgehead atoms. The minimum Gasteiger partial charge on any atom is -0.302 e. The van der Waals surface area contributed by atoms with E-state index in [9.17, 15) is 4.79 Å². The number of nitrogens with zero attached hydrogens (tertiary/aromatic N) is 1. The number of hydrogen-bond acceptors (Lipinski definition) is 3. The average Bonchev–Trinajstić information content (AvgIpc) is 2.85. The maximum Gasteiger partial charge on any atom is 0.226 e. The van der Waals surface area contributed by atoms with Crippen molar-refractivity contribution in [1.29, 1.82) is 0 Å². The smallest absolute Gasteiger partial charge is 0.226 e. The van der Waals surface area contributed by atoms with Crippen LogP contribution in [0.5, 0.6) is 0 Å². The standard InChI is InChI=1S/C14H15BrN2OS/c1-2-3-4-13(18)17-14-16-12(9-19-14)10-5-7-11(15)8-6-10/h5-9H,2-4H2,1H3,(H,16,17,18). The van der Waals surface area contributed by atoms with Crippen LogP contribution in [-0.2, 0) is 4.79 Å². The van der Waals surface area contributed by atoms with Gasteiger partial charge >= 0.3 is 0 Å². The first-order chi connectivity index (χ1) is 9.19. The molecule has 0 spiro atoms. The zero-order chi connectivity index (χ0) is 13.7. The Balaban J connectivity index is 2.02. The number of anilines is 1. The van der Waals surface area contributed by atoms with E-state index in [2.05, 4.69) is 33.2 Å². The third-order valence-electron chi connectivity index (χ3n) is 2.65. The van der Waals surface area contributed by atoms with E-state index in [-0.39, 0.29) is 5.91 Å². The molecule has 0 atom stereocenters. The van der Waals surface area contributed by atoms with Crippen LogP contribution in [0.1, 0.15) is 26.2 Å². The first kappa shape index (κ1) is 14.2. The average molecular weight is 339 g/mol. The molecule has 0 saturated carbocycles. The summed E-state index contributed by atoms with van der Waals surface area (Å²) in [7, 11) is 0. The van der Waals surface area contributed by atoms with Crippen LogP contribution < -0.4 is 5.32 Å². The van der Waals surface area contributed by atoms with Crippen molar-refractivity contribution in [1.82, 2.24) is 4.98 Å². The van der Waals surface area contributed by atoms with Gasteiger partial charge in [-0.15, -0.1) is 11.3 Å². The number of thiazole rings is 1. The highest BCUT2D eigenvalue weighted by Crippen LogP contribution is 2.26. The number of nitrogens with one attached hydrogen (secondary N) is 1. The highest BCUT2D eigenvalue weighted by Gasteiger charge is 2.07. The van der Waals surface area contributed by atoms with E-state index >= 15 is 0 Å². The Kier molecular flexibility index (Phi) is 5.10. The summed E-state index contributed by atoms with van der Waals surface area (Å²) in [5.41, 5.74) is 1.94. The number of hydrogen-bond donors (Lipinski definition) is 1. The fourth-order valence-electron chi connectivity index (χ4n) is 1.60. The van der Waals surface area contributed by atoms with E-state index in [0.717, 1.165) is 28.6 Å². The van der Waals surface area contributed by atoms with E-state index < -0.39 is 0 Å². The van der Waals surface area contributed by atoms with E-state index in [1.165, 1.54) is 11.3 Å². The van der Waals surface area contributed by atoms with E-state index in [4.69, 9.17) is 0 Å². The highest BCUT2D eigenvalue weighted by molar-refractivity contribution is 9.10. The summed E-state index contributed by atoms with van der Waals surface area (Å²) in [6.45, 7) is 2.07. The lowest BCUT2D eigenvalue weighted by Crippen LogP contribution is -2.10. The minimum absolute atomic E-state index is 0.0403. The molecule has 0 unspecified atom stereocenters. The maximum absolute atomic E-state index is 11.6. The SMILES string of the molecule is CCCCC(=O)Nc1nc(-c2ccc(Br)cc2)cs1. The molecular formula is C14H15BrN2OS. The van der Waals surface area contributed by atoms with Crippen LogP contribution in [0.4, 0.5) is 5.13 Å². The molecule has 0 fully saturated rings. The fraction of sp³-hybridized carbons (Fsp3) is 0.286. The number of benzene rings is 1. The van der Waals surface area contributed by atoms with Crippen molar-refractivity contribution >= 4 is 38.3 Å². The van der Waals surface area contributed by atoms with Crippen LogP contribution in [-0.4, -0.2) is 10.9 Å². The normalized spacial score (nSPS) is 10.4. The largest absolute Gasteiger partial charge is 0.302 e. The van der Waals surface area contributed by atoms with Gasteiger partial charge in [0.25, 0.3) is 0 Å². The summed E-state index contributed by atoms with van der Waals surface area (Å²) >= 11 is 4.86. The quantitative estimate of drug-likeness (QED) is 0.858. The second-order valence-corrected chi connectivity index (χ2v) is 5.97. The Hall–Kier alpha value is -1.20. The third kappa shape index (κ3) is 4.14. The van der Waals surface area contributed by atoms with Gasteiger partial charge < -0.3 is 5.32 Å². The summed E-state index contributed by atoms with van der Waals surface area (Å²) in [6.07, 6.45) is 2.50. The van der Waals surface area contributed by atoms with E-state index in [1.807, 2.05) is 29.6 Å². The number of carbonyl (C=O) groups is 1. The second-order valence-electron chi connectivity index (χ2n) is 4.20. The van der Waals surface area contributed by atoms with Crippen molar-refractivity contribution in [2.75, 3.05) is 5.32 Å². The van der Waals surface area contributed by atoms with Gasteiger partial charge in [0.15, 0.2) is 5.13 Å². The maximum atomic E-state index is 11.6. The summed E-state index contributed by atoms with van der Waals surface area (Å²) in [5.74, 6) is 0.0403. The monoisotopic (exact) mass is 338 g/mol. The van der Waals surface area contributed by atoms with Crippen LogP contribution >= 0.6 is 27.3 Å². The zero-order valence-corrected chi connectivity index (χ0v) is 13.1. The highest BCUT2D eigenvalue weighted by atomic mass is 79.9. The molecule has 100 valence electrons. The van der Waals surface area contributed by atoms with Crippen molar-refractivity contribution in [2.45, 2.75) is 26.2 Å². The molecule has 0 aliphatic rings. The van der Waals surface area contributed by atoms with Crippen LogP contribution in [0, 0.1) is 0 Å². The van der Waals surface area contributed by atoms with Crippen molar-refractivity contribution in [3.8, 4) is 11.3 Å². The molecule has 1 aromatic carbocycles. The van der Waals surface area contributed by atoms with Gasteiger partial charge in [-0.3, -0.25) is 4.79 Å². The topological polar surface area (TPSA) is 42.0 Å². The van der Waals surface area contributed by atoms with Crippen molar-refractivity contribution in [3.63, 3.8) is 0 Å². The van der Waals surface area contributed by atoms with E-state index in [0.29, 0.717) is 11.6 Å². The van der Waals surface area contributed by atoms with Gasteiger partial charge in [0.2, 0.25) is 5.91 Å². The molecule has 0 aliphatic heterocycles. The van der Waals surface area contributed by atoms with Crippen LogP contribution in [0.3, 0.4) is 0 Å². The van der Waals surface area contributed by atoms with E-state index in [1.54, 1.807) is 0 Å². The molecule has 1 aromatic heterocycles. The van der Waals surface area contributed by atoms with Crippen molar-refractivity contribution in [3.05, 3.63) is 34.1 Å². The first-order valence-corrected chi connectivity index (χ1v) is 7.87. The molecule has 0 aliphatic carbocycles. The molecule has 3 nitrogen and oxygen atoms in total. The molecule has 0 radical (unpaired) electrons. The van der Waals surface area contributed by atoms with Gasteiger partial charge in [0, 0.05) is 21.8 Å². The van der Waals surface area contributed by atoms with Crippen LogP contribution in [0.2, 0.25) is 0 Å². The van der Waals surface area contributed by atoms with Gasteiger partial charge in [0.05, 0.1) is 5.69 Å². The molecule has 5 heteroatoms. The Morgan fingerprint density at radius 1 is 1.37 bits per heavy atom. The van der Waals surface area contributed by atoms with Crippen molar-refractivity contribution < 1.29 is 4.79 Å². The lowest BCUT2D eigenvalue weighted by molar-refractivity contribution is -0.116. The zero-order valence-electron chi connectivity index (χ0n) is 10.6. The molecule has 1 N–H and O–H groups in total. The Bertz CT molecular complexity index is 551. The Labute approximate surface area is 125 Å². The molecular weight excluding hydrogens is 324 g/mol. The second kappa shape index (κ2) is 6.82. The minimum atomic E-state index is 0.0403. The van der Waals surface area contributed by atoms with Crippen LogP contribution in [0.25, 0.3) is 11.3 Å². The number of halogens is 1. The predicted octanol–water partition coefficient (Wildman–Crippen LogP) is 4.70. The number of unbranched alkanes of at least 4 members (excludes halogenated alkanes) is 1.